The normalized spacial score (nSPS) is 13.1. The molecule has 0 heterocycles. The quantitative estimate of drug-likeness (QED) is 0.0465. The molecule has 0 saturated heterocycles. The van der Waals surface area contributed by atoms with Crippen molar-refractivity contribution in [2.24, 2.45) is 0 Å². The number of hydrogen-bond acceptors (Lipinski definition) is 11. The van der Waals surface area contributed by atoms with E-state index in [4.69, 9.17) is 23.7 Å². The van der Waals surface area contributed by atoms with Crippen LogP contribution in [0.25, 0.3) is 43.1 Å². The average molecular weight is 987 g/mol. The van der Waals surface area contributed by atoms with Gasteiger partial charge in [0.2, 0.25) is 0 Å². The number of fused-ring (bicyclic) bond motifs is 4. The highest BCUT2D eigenvalue weighted by molar-refractivity contribution is 7.99. The van der Waals surface area contributed by atoms with Gasteiger partial charge in [-0.15, -0.1) is 0 Å². The highest BCUT2D eigenvalue weighted by Crippen LogP contribution is 2.52. The molecule has 0 aromatic heterocycles. The molecule has 4 unspecified atom stereocenters. The number of esters is 4. The molecule has 8 rings (SSSR count). The highest BCUT2D eigenvalue weighted by Gasteiger charge is 2.28. The van der Waals surface area contributed by atoms with E-state index in [-0.39, 0.29) is 23.9 Å². The topological polar surface area (TPSA) is 114 Å². The zero-order valence-corrected chi connectivity index (χ0v) is 43.0. The fourth-order valence-corrected chi connectivity index (χ4v) is 11.7. The standard InChI is InChI=1S/C60H58O9S2/c1-35(65-39(5)61)31-51-45-23-15-17-25-47(45)53(33-37(3)67-41(7)63)57-49(51)27-29-55(70-43-19-11-9-12-20-43)59(57)69-60-56(71-44-21-13-10-14-22-44)30-28-50-52(32-36(2)66-40(6)62)46-24-16-18-26-48(46)54(58(50)60)34-38(4)68-42(8)64/h9-30,35-38H,31-34H2,1-8H3. The Kier molecular flexibility index (Phi) is 16.0. The number of ether oxygens (including phenoxy) is 5. The summed E-state index contributed by atoms with van der Waals surface area (Å²) in [6.45, 7) is 13.3. The van der Waals surface area contributed by atoms with E-state index in [1.807, 2.05) is 88.4 Å². The summed E-state index contributed by atoms with van der Waals surface area (Å²) in [6, 6.07) is 45.2. The van der Waals surface area contributed by atoms with Gasteiger partial charge >= 0.3 is 23.9 Å². The van der Waals surface area contributed by atoms with Gasteiger partial charge in [0.05, 0.1) is 9.79 Å². The molecule has 0 bridgehead atoms. The molecule has 0 N–H and O–H groups in total. The lowest BCUT2D eigenvalue weighted by atomic mass is 9.86. The summed E-state index contributed by atoms with van der Waals surface area (Å²) < 4.78 is 31.3. The van der Waals surface area contributed by atoms with E-state index in [1.165, 1.54) is 27.7 Å². The molecular weight excluding hydrogens is 929 g/mol. The molecule has 0 radical (unpaired) electrons. The van der Waals surface area contributed by atoms with Crippen LogP contribution in [0.3, 0.4) is 0 Å². The van der Waals surface area contributed by atoms with Crippen molar-refractivity contribution in [3.8, 4) is 11.5 Å². The third-order valence-electron chi connectivity index (χ3n) is 12.2. The van der Waals surface area contributed by atoms with Crippen molar-refractivity contribution >= 4 is 90.5 Å². The molecule has 0 aliphatic rings. The minimum absolute atomic E-state index is 0.362. The number of carbonyl (C=O) groups excluding carboxylic acids is 4. The molecule has 8 aromatic rings. The Balaban J connectivity index is 1.54. The number of carbonyl (C=O) groups is 4. The van der Waals surface area contributed by atoms with Gasteiger partial charge in [-0.05, 0) is 119 Å². The third-order valence-corrected chi connectivity index (χ3v) is 14.3. The lowest BCUT2D eigenvalue weighted by Gasteiger charge is -2.26. The molecule has 0 fully saturated rings. The zero-order valence-electron chi connectivity index (χ0n) is 41.3. The lowest BCUT2D eigenvalue weighted by molar-refractivity contribution is -0.146. The highest BCUT2D eigenvalue weighted by atomic mass is 32.2. The second kappa shape index (κ2) is 22.5. The fraction of sp³-hybridized carbons (Fsp3) is 0.267. The summed E-state index contributed by atoms with van der Waals surface area (Å²) in [6.07, 6.45) is -0.371. The molecule has 9 nitrogen and oxygen atoms in total. The van der Waals surface area contributed by atoms with E-state index < -0.39 is 24.4 Å². The van der Waals surface area contributed by atoms with Gasteiger partial charge < -0.3 is 23.7 Å². The summed E-state index contributed by atoms with van der Waals surface area (Å²) in [4.78, 5) is 53.6. The van der Waals surface area contributed by atoms with Crippen molar-refractivity contribution < 1.29 is 42.9 Å². The van der Waals surface area contributed by atoms with Gasteiger partial charge in [0.15, 0.2) is 0 Å². The van der Waals surface area contributed by atoms with Gasteiger partial charge in [0.1, 0.15) is 35.9 Å². The van der Waals surface area contributed by atoms with Crippen molar-refractivity contribution in [2.75, 3.05) is 0 Å². The van der Waals surface area contributed by atoms with Crippen molar-refractivity contribution in [3.05, 3.63) is 156 Å². The first-order valence-electron chi connectivity index (χ1n) is 24.0. The van der Waals surface area contributed by atoms with Crippen LogP contribution in [0.1, 0.15) is 77.6 Å². The van der Waals surface area contributed by atoms with E-state index in [2.05, 4.69) is 72.8 Å². The maximum atomic E-state index is 12.6. The van der Waals surface area contributed by atoms with Crippen molar-refractivity contribution in [1.82, 2.24) is 0 Å². The van der Waals surface area contributed by atoms with Crippen molar-refractivity contribution in [3.63, 3.8) is 0 Å². The second-order valence-corrected chi connectivity index (χ2v) is 20.3. The first-order chi connectivity index (χ1) is 34.1. The summed E-state index contributed by atoms with van der Waals surface area (Å²) >= 11 is 3.17. The summed E-state index contributed by atoms with van der Waals surface area (Å²) in [5.74, 6) is -0.299. The van der Waals surface area contributed by atoms with E-state index in [9.17, 15) is 19.2 Å². The Labute approximate surface area is 423 Å². The van der Waals surface area contributed by atoms with Crippen LogP contribution in [0.4, 0.5) is 0 Å². The molecule has 11 heteroatoms. The van der Waals surface area contributed by atoms with Gasteiger partial charge in [-0.2, -0.15) is 0 Å². The van der Waals surface area contributed by atoms with E-state index >= 15 is 0 Å². The second-order valence-electron chi connectivity index (χ2n) is 18.1. The fourth-order valence-electron chi connectivity index (χ4n) is 9.82. The van der Waals surface area contributed by atoms with Crippen LogP contribution in [0.2, 0.25) is 0 Å². The predicted octanol–water partition coefficient (Wildman–Crippen LogP) is 14.4. The lowest BCUT2D eigenvalue weighted by Crippen LogP contribution is -2.18. The smallest absolute Gasteiger partial charge is 0.302 e. The Bertz CT molecular complexity index is 3060. The molecule has 71 heavy (non-hydrogen) atoms. The molecule has 0 aliphatic carbocycles. The Morgan fingerprint density at radius 3 is 0.958 bits per heavy atom. The average Bonchev–Trinajstić information content (AvgIpc) is 3.31. The maximum absolute atomic E-state index is 12.6. The van der Waals surface area contributed by atoms with Crippen LogP contribution in [-0.2, 0) is 63.8 Å². The van der Waals surface area contributed by atoms with E-state index in [0.717, 1.165) is 84.9 Å². The summed E-state index contributed by atoms with van der Waals surface area (Å²) in [5.41, 5.74) is 3.83. The van der Waals surface area contributed by atoms with Crippen LogP contribution < -0.4 is 4.74 Å². The van der Waals surface area contributed by atoms with Gasteiger partial charge in [-0.1, -0.05) is 121 Å². The minimum Gasteiger partial charge on any atom is -0.463 e. The molecule has 8 aromatic carbocycles. The Morgan fingerprint density at radius 2 is 0.648 bits per heavy atom. The molecule has 0 saturated carbocycles. The van der Waals surface area contributed by atoms with Crippen LogP contribution >= 0.6 is 23.5 Å². The molecule has 0 aliphatic heterocycles. The first-order valence-corrected chi connectivity index (χ1v) is 25.6. The summed E-state index contributed by atoms with van der Waals surface area (Å²) in [7, 11) is 0. The van der Waals surface area contributed by atoms with Crippen LogP contribution in [-0.4, -0.2) is 48.3 Å². The van der Waals surface area contributed by atoms with E-state index in [0.29, 0.717) is 37.2 Å². The molecule has 364 valence electrons. The number of rotatable bonds is 18. The Morgan fingerprint density at radius 1 is 0.366 bits per heavy atom. The molecular formula is C60H58O9S2. The molecule has 0 spiro atoms. The van der Waals surface area contributed by atoms with Gasteiger partial charge in [-0.25, -0.2) is 0 Å². The van der Waals surface area contributed by atoms with Gasteiger partial charge in [0, 0.05) is 73.9 Å². The first kappa shape index (κ1) is 50.6. The van der Waals surface area contributed by atoms with Crippen molar-refractivity contribution in [1.29, 1.82) is 0 Å². The van der Waals surface area contributed by atoms with Gasteiger partial charge in [0.25, 0.3) is 0 Å². The van der Waals surface area contributed by atoms with E-state index in [1.54, 1.807) is 23.5 Å². The predicted molar refractivity (Wildman–Crippen MR) is 284 cm³/mol. The third kappa shape index (κ3) is 11.9. The van der Waals surface area contributed by atoms with Crippen LogP contribution in [0.5, 0.6) is 11.5 Å². The maximum Gasteiger partial charge on any atom is 0.302 e. The summed E-state index contributed by atoms with van der Waals surface area (Å²) in [5, 5.41) is 7.37. The minimum atomic E-state index is -0.507. The Hall–Kier alpha value is -6.82. The largest absolute Gasteiger partial charge is 0.463 e. The zero-order chi connectivity index (χ0) is 50.3. The molecule has 4 atom stereocenters. The van der Waals surface area contributed by atoms with Crippen LogP contribution in [0, 0.1) is 0 Å². The SMILES string of the molecule is CC(=O)OC(C)Cc1c2ccccc2c(CC(C)OC(C)=O)c2c(Oc3c(Sc4ccccc4)ccc4c(CC(C)OC(C)=O)c5ccccc5c(CC(C)OC(C)=O)c34)c(Sc3ccccc3)ccc12. The number of benzene rings is 8. The number of hydrogen-bond donors (Lipinski definition) is 0. The van der Waals surface area contributed by atoms with Crippen LogP contribution in [0.15, 0.2) is 153 Å². The molecule has 0 amide bonds. The monoisotopic (exact) mass is 986 g/mol. The van der Waals surface area contributed by atoms with Crippen molar-refractivity contribution in [2.45, 2.75) is 125 Å². The van der Waals surface area contributed by atoms with Gasteiger partial charge in [-0.3, -0.25) is 19.2 Å².